The van der Waals surface area contributed by atoms with Crippen molar-refractivity contribution >= 4 is 39.4 Å². The molecule has 7 heteroatoms. The highest BCUT2D eigenvalue weighted by atomic mass is 35.5. The molecule has 144 valence electrons. The molecule has 1 aliphatic rings. The number of halogens is 1. The standard InChI is InChI=1S/C21H21ClN4OS/c1-14-12-26(21(28-14)23-10-9-15-5-3-2-4-6-15)13-19-24-18-11-16(22)7-8-17(18)20(27)25-19/h2-8,11,14H,9-10,12-13H2,1H3,(H,24,25,27)/t14-/m0/s1. The van der Waals surface area contributed by atoms with Gasteiger partial charge in [0.25, 0.3) is 5.56 Å². The number of aliphatic imine (C=N–C) groups is 1. The number of aromatic nitrogens is 2. The van der Waals surface area contributed by atoms with E-state index in [1.165, 1.54) is 5.56 Å². The van der Waals surface area contributed by atoms with E-state index in [2.05, 4.69) is 46.1 Å². The zero-order valence-electron chi connectivity index (χ0n) is 15.6. The van der Waals surface area contributed by atoms with Gasteiger partial charge < -0.3 is 9.88 Å². The average Bonchev–Trinajstić information content (AvgIpc) is 3.01. The fourth-order valence-corrected chi connectivity index (χ4v) is 4.53. The van der Waals surface area contributed by atoms with Gasteiger partial charge in [-0.25, -0.2) is 4.98 Å². The molecule has 0 saturated carbocycles. The lowest BCUT2D eigenvalue weighted by molar-refractivity contribution is 0.423. The molecule has 2 aromatic carbocycles. The van der Waals surface area contributed by atoms with Gasteiger partial charge in [-0.05, 0) is 30.2 Å². The van der Waals surface area contributed by atoms with Crippen molar-refractivity contribution in [3.63, 3.8) is 0 Å². The Kier molecular flexibility index (Phi) is 5.69. The smallest absolute Gasteiger partial charge is 0.258 e. The molecular weight excluding hydrogens is 392 g/mol. The number of nitrogens with zero attached hydrogens (tertiary/aromatic N) is 3. The van der Waals surface area contributed by atoms with E-state index in [0.29, 0.717) is 33.5 Å². The first kappa shape index (κ1) is 19.0. The van der Waals surface area contributed by atoms with E-state index in [4.69, 9.17) is 16.6 Å². The first-order chi connectivity index (χ1) is 13.6. The molecule has 0 bridgehead atoms. The summed E-state index contributed by atoms with van der Waals surface area (Å²) >= 11 is 7.83. The Balaban J connectivity index is 1.51. The third-order valence-corrected chi connectivity index (χ3v) is 5.99. The number of thioether (sulfide) groups is 1. The van der Waals surface area contributed by atoms with Crippen LogP contribution in [-0.2, 0) is 13.0 Å². The van der Waals surface area contributed by atoms with Crippen LogP contribution in [0, 0.1) is 0 Å². The Morgan fingerprint density at radius 2 is 2.11 bits per heavy atom. The summed E-state index contributed by atoms with van der Waals surface area (Å²) < 4.78 is 0. The molecule has 1 aromatic heterocycles. The molecule has 1 fully saturated rings. The zero-order chi connectivity index (χ0) is 19.5. The van der Waals surface area contributed by atoms with Gasteiger partial charge in [0.2, 0.25) is 0 Å². The fourth-order valence-electron chi connectivity index (χ4n) is 3.29. The van der Waals surface area contributed by atoms with Crippen molar-refractivity contribution in [1.82, 2.24) is 14.9 Å². The molecule has 0 amide bonds. The van der Waals surface area contributed by atoms with Crippen molar-refractivity contribution in [2.24, 2.45) is 4.99 Å². The Morgan fingerprint density at radius 3 is 2.93 bits per heavy atom. The van der Waals surface area contributed by atoms with Gasteiger partial charge >= 0.3 is 0 Å². The average molecular weight is 413 g/mol. The molecule has 0 aliphatic carbocycles. The molecule has 1 saturated heterocycles. The van der Waals surface area contributed by atoms with E-state index >= 15 is 0 Å². The topological polar surface area (TPSA) is 61.4 Å². The third-order valence-electron chi connectivity index (χ3n) is 4.60. The molecule has 0 unspecified atom stereocenters. The highest BCUT2D eigenvalue weighted by Gasteiger charge is 2.26. The molecule has 28 heavy (non-hydrogen) atoms. The summed E-state index contributed by atoms with van der Waals surface area (Å²) in [6.45, 7) is 4.34. The van der Waals surface area contributed by atoms with Gasteiger partial charge in [0.15, 0.2) is 5.17 Å². The molecule has 5 nitrogen and oxygen atoms in total. The van der Waals surface area contributed by atoms with Gasteiger partial charge in [-0.15, -0.1) is 0 Å². The van der Waals surface area contributed by atoms with Crippen LogP contribution in [0.4, 0.5) is 0 Å². The van der Waals surface area contributed by atoms with Crippen LogP contribution in [0.15, 0.2) is 58.3 Å². The van der Waals surface area contributed by atoms with Crippen LogP contribution < -0.4 is 5.56 Å². The van der Waals surface area contributed by atoms with Gasteiger partial charge in [-0.2, -0.15) is 0 Å². The second-order valence-electron chi connectivity index (χ2n) is 6.88. The predicted molar refractivity (Wildman–Crippen MR) is 117 cm³/mol. The van der Waals surface area contributed by atoms with E-state index in [9.17, 15) is 4.79 Å². The number of rotatable bonds is 5. The lowest BCUT2D eigenvalue weighted by atomic mass is 10.2. The van der Waals surface area contributed by atoms with Crippen molar-refractivity contribution in [1.29, 1.82) is 0 Å². The molecule has 2 heterocycles. The number of benzene rings is 2. The third kappa shape index (κ3) is 4.39. The molecule has 4 rings (SSSR count). The minimum atomic E-state index is -0.140. The first-order valence-corrected chi connectivity index (χ1v) is 10.5. The van der Waals surface area contributed by atoms with Crippen LogP contribution in [0.25, 0.3) is 10.9 Å². The van der Waals surface area contributed by atoms with Crippen molar-refractivity contribution in [3.05, 3.63) is 75.3 Å². The lowest BCUT2D eigenvalue weighted by Crippen LogP contribution is -2.27. The minimum absolute atomic E-state index is 0.140. The molecule has 3 aromatic rings. The van der Waals surface area contributed by atoms with Crippen LogP contribution in [0.2, 0.25) is 5.02 Å². The summed E-state index contributed by atoms with van der Waals surface area (Å²) in [7, 11) is 0. The molecule has 1 N–H and O–H groups in total. The Morgan fingerprint density at radius 1 is 1.29 bits per heavy atom. The monoisotopic (exact) mass is 412 g/mol. The summed E-state index contributed by atoms with van der Waals surface area (Å²) in [4.78, 5) is 26.9. The number of hydrogen-bond acceptors (Lipinski definition) is 4. The number of nitrogens with one attached hydrogen (secondary N) is 1. The van der Waals surface area contributed by atoms with Crippen LogP contribution in [0.1, 0.15) is 18.3 Å². The van der Waals surface area contributed by atoms with Crippen molar-refractivity contribution in [2.75, 3.05) is 13.1 Å². The normalized spacial score (nSPS) is 18.3. The highest BCUT2D eigenvalue weighted by Crippen LogP contribution is 2.26. The van der Waals surface area contributed by atoms with Gasteiger partial charge in [0.1, 0.15) is 5.82 Å². The lowest BCUT2D eigenvalue weighted by Gasteiger charge is -2.17. The van der Waals surface area contributed by atoms with Crippen LogP contribution in [0.5, 0.6) is 0 Å². The second-order valence-corrected chi connectivity index (χ2v) is 8.73. The van der Waals surface area contributed by atoms with Crippen LogP contribution in [-0.4, -0.2) is 38.4 Å². The van der Waals surface area contributed by atoms with E-state index < -0.39 is 0 Å². The largest absolute Gasteiger partial charge is 0.343 e. The summed E-state index contributed by atoms with van der Waals surface area (Å²) in [6.07, 6.45) is 0.913. The van der Waals surface area contributed by atoms with Crippen molar-refractivity contribution < 1.29 is 0 Å². The molecular formula is C21H21ClN4OS. The van der Waals surface area contributed by atoms with Gasteiger partial charge in [0, 0.05) is 23.4 Å². The summed E-state index contributed by atoms with van der Waals surface area (Å²) in [5, 5.41) is 2.59. The van der Waals surface area contributed by atoms with Crippen molar-refractivity contribution in [2.45, 2.75) is 25.1 Å². The fraction of sp³-hybridized carbons (Fsp3) is 0.286. The van der Waals surface area contributed by atoms with E-state index in [1.54, 1.807) is 30.0 Å². The number of H-pyrrole nitrogens is 1. The van der Waals surface area contributed by atoms with E-state index in [-0.39, 0.29) is 5.56 Å². The maximum atomic E-state index is 12.4. The zero-order valence-corrected chi connectivity index (χ0v) is 17.1. The van der Waals surface area contributed by atoms with E-state index in [1.807, 2.05) is 6.07 Å². The molecule has 0 radical (unpaired) electrons. The SMILES string of the molecule is C[C@H]1CN(Cc2nc3cc(Cl)ccc3c(=O)[nH]2)C(=NCCc2ccccc2)S1. The van der Waals surface area contributed by atoms with E-state index in [0.717, 1.165) is 24.7 Å². The first-order valence-electron chi connectivity index (χ1n) is 9.27. The number of aromatic amines is 1. The van der Waals surface area contributed by atoms with Gasteiger partial charge in [-0.3, -0.25) is 9.79 Å². The van der Waals surface area contributed by atoms with Crippen LogP contribution in [0.3, 0.4) is 0 Å². The highest BCUT2D eigenvalue weighted by molar-refractivity contribution is 8.14. The molecule has 1 atom stereocenters. The number of hydrogen-bond donors (Lipinski definition) is 1. The molecule has 0 spiro atoms. The van der Waals surface area contributed by atoms with Crippen LogP contribution >= 0.6 is 23.4 Å². The second kappa shape index (κ2) is 8.37. The summed E-state index contributed by atoms with van der Waals surface area (Å²) in [6, 6.07) is 15.5. The number of fused-ring (bicyclic) bond motifs is 1. The Hall–Kier alpha value is -2.31. The molecule has 1 aliphatic heterocycles. The maximum Gasteiger partial charge on any atom is 0.258 e. The Labute approximate surface area is 172 Å². The predicted octanol–water partition coefficient (Wildman–Crippen LogP) is 4.11. The van der Waals surface area contributed by atoms with Gasteiger partial charge in [0.05, 0.1) is 17.4 Å². The van der Waals surface area contributed by atoms with Crippen molar-refractivity contribution in [3.8, 4) is 0 Å². The minimum Gasteiger partial charge on any atom is -0.343 e. The van der Waals surface area contributed by atoms with Gasteiger partial charge in [-0.1, -0.05) is 60.6 Å². The summed E-state index contributed by atoms with van der Waals surface area (Å²) in [5.41, 5.74) is 1.76. The maximum absolute atomic E-state index is 12.4. The summed E-state index contributed by atoms with van der Waals surface area (Å²) in [5.74, 6) is 0.630. The number of amidine groups is 1. The quantitative estimate of drug-likeness (QED) is 0.685. The Bertz CT molecular complexity index is 1070.